The predicted molar refractivity (Wildman–Crippen MR) is 103 cm³/mol. The smallest absolute Gasteiger partial charge is 0.317 e. The maximum Gasteiger partial charge on any atom is 0.317 e. The highest BCUT2D eigenvalue weighted by molar-refractivity contribution is 7.99. The molecule has 0 saturated heterocycles. The highest BCUT2D eigenvalue weighted by atomic mass is 32.2. The lowest BCUT2D eigenvalue weighted by Crippen LogP contribution is -2.37. The lowest BCUT2D eigenvalue weighted by molar-refractivity contribution is -0.152. The van der Waals surface area contributed by atoms with E-state index in [1.165, 1.54) is 19.1 Å². The first-order valence-electron chi connectivity index (χ1n) is 8.71. The minimum atomic E-state index is -0.912. The van der Waals surface area contributed by atoms with E-state index in [4.69, 9.17) is 9.15 Å². The molecule has 0 bridgehead atoms. The topological polar surface area (TPSA) is 81.4 Å². The van der Waals surface area contributed by atoms with Gasteiger partial charge in [0.25, 0.3) is 11.1 Å². The quantitative estimate of drug-likeness (QED) is 0.460. The summed E-state index contributed by atoms with van der Waals surface area (Å²) < 4.78 is 23.5. The molecule has 1 aromatic heterocycles. The molecular formula is C20H19FN2O4S. The van der Waals surface area contributed by atoms with Crippen molar-refractivity contribution < 1.29 is 23.1 Å². The minimum Gasteiger partial charge on any atom is -0.452 e. The Kier molecular flexibility index (Phi) is 6.65. The number of carbonyl (C=O) groups is 2. The van der Waals surface area contributed by atoms with Gasteiger partial charge in [-0.3, -0.25) is 9.59 Å². The van der Waals surface area contributed by atoms with Gasteiger partial charge in [0, 0.05) is 6.54 Å². The van der Waals surface area contributed by atoms with Crippen molar-refractivity contribution in [2.45, 2.75) is 24.7 Å². The van der Waals surface area contributed by atoms with Crippen molar-refractivity contribution in [1.29, 1.82) is 0 Å². The number of esters is 1. The average Bonchev–Trinajstić information content (AvgIpc) is 3.11. The van der Waals surface area contributed by atoms with Crippen LogP contribution in [0.1, 0.15) is 12.5 Å². The van der Waals surface area contributed by atoms with Crippen LogP contribution in [0.25, 0.3) is 11.1 Å². The van der Waals surface area contributed by atoms with E-state index < -0.39 is 12.1 Å². The van der Waals surface area contributed by atoms with Crippen LogP contribution in [0.5, 0.6) is 0 Å². The molecule has 0 aliphatic rings. The Labute approximate surface area is 165 Å². The fraction of sp³-hybridized carbons (Fsp3) is 0.250. The molecule has 1 unspecified atom stereocenters. The molecule has 0 saturated carbocycles. The Morgan fingerprint density at radius 1 is 1.21 bits per heavy atom. The van der Waals surface area contributed by atoms with Gasteiger partial charge in [-0.15, -0.1) is 0 Å². The standard InChI is InChI=1S/C20H19FN2O4S/c1-13(19(25)22-11-10-14-6-8-15(21)9-7-14)26-18(24)12-28-20-23-16-4-2-3-5-17(16)27-20/h2-9,13H,10-12H2,1H3,(H,22,25). The van der Waals surface area contributed by atoms with Crippen LogP contribution in [0.3, 0.4) is 0 Å². The van der Waals surface area contributed by atoms with Gasteiger partial charge in [0.2, 0.25) is 0 Å². The molecule has 1 N–H and O–H groups in total. The summed E-state index contributed by atoms with van der Waals surface area (Å²) in [5, 5.41) is 3.06. The molecule has 0 radical (unpaired) electrons. The fourth-order valence-corrected chi connectivity index (χ4v) is 3.06. The summed E-state index contributed by atoms with van der Waals surface area (Å²) in [4.78, 5) is 28.2. The number of hydrogen-bond acceptors (Lipinski definition) is 6. The molecule has 1 amide bonds. The van der Waals surface area contributed by atoms with Gasteiger partial charge in [0.15, 0.2) is 11.7 Å². The summed E-state index contributed by atoms with van der Waals surface area (Å²) in [7, 11) is 0. The number of halogens is 1. The van der Waals surface area contributed by atoms with Crippen LogP contribution in [0.2, 0.25) is 0 Å². The summed E-state index contributed by atoms with van der Waals surface area (Å²) >= 11 is 1.11. The van der Waals surface area contributed by atoms with E-state index in [1.807, 2.05) is 18.2 Å². The number of oxazole rings is 1. The Morgan fingerprint density at radius 3 is 2.71 bits per heavy atom. The maximum absolute atomic E-state index is 12.9. The molecule has 146 valence electrons. The summed E-state index contributed by atoms with van der Waals surface area (Å²) in [6.45, 7) is 1.87. The van der Waals surface area contributed by atoms with Crippen molar-refractivity contribution in [2.24, 2.45) is 0 Å². The summed E-state index contributed by atoms with van der Waals surface area (Å²) in [5.74, 6) is -1.24. The predicted octanol–water partition coefficient (Wildman–Crippen LogP) is 3.35. The summed E-state index contributed by atoms with van der Waals surface area (Å²) in [6.07, 6.45) is -0.356. The first kappa shape index (κ1) is 19.9. The van der Waals surface area contributed by atoms with Gasteiger partial charge >= 0.3 is 5.97 Å². The second kappa shape index (κ2) is 9.36. The number of nitrogens with zero attached hydrogens (tertiary/aromatic N) is 1. The number of amides is 1. The lowest BCUT2D eigenvalue weighted by atomic mass is 10.1. The van der Waals surface area contributed by atoms with Crippen LogP contribution in [0, 0.1) is 5.82 Å². The zero-order valence-corrected chi connectivity index (χ0v) is 16.0. The molecule has 0 aliphatic heterocycles. The van der Waals surface area contributed by atoms with Crippen LogP contribution in [-0.2, 0) is 20.7 Å². The van der Waals surface area contributed by atoms with Crippen LogP contribution in [-0.4, -0.2) is 35.3 Å². The number of thioether (sulfide) groups is 1. The zero-order valence-electron chi connectivity index (χ0n) is 15.2. The van der Waals surface area contributed by atoms with Gasteiger partial charge in [-0.05, 0) is 43.2 Å². The number of fused-ring (bicyclic) bond motifs is 1. The summed E-state index contributed by atoms with van der Waals surface area (Å²) in [5.41, 5.74) is 2.26. The average molecular weight is 402 g/mol. The Hall–Kier alpha value is -2.87. The maximum atomic E-state index is 12.9. The third-order valence-corrected chi connectivity index (χ3v) is 4.69. The largest absolute Gasteiger partial charge is 0.452 e. The number of nitrogens with one attached hydrogen (secondary N) is 1. The Balaban J connectivity index is 1.39. The highest BCUT2D eigenvalue weighted by Crippen LogP contribution is 2.23. The number of benzene rings is 2. The molecule has 8 heteroatoms. The van der Waals surface area contributed by atoms with E-state index in [2.05, 4.69) is 10.3 Å². The van der Waals surface area contributed by atoms with E-state index in [-0.39, 0.29) is 17.5 Å². The van der Waals surface area contributed by atoms with Gasteiger partial charge in [-0.1, -0.05) is 36.0 Å². The highest BCUT2D eigenvalue weighted by Gasteiger charge is 2.18. The molecule has 3 rings (SSSR count). The van der Waals surface area contributed by atoms with Crippen molar-refractivity contribution in [3.8, 4) is 0 Å². The molecule has 0 spiro atoms. The number of hydrogen-bond donors (Lipinski definition) is 1. The third-order valence-electron chi connectivity index (χ3n) is 3.89. The first-order valence-corrected chi connectivity index (χ1v) is 9.70. The van der Waals surface area contributed by atoms with E-state index in [0.29, 0.717) is 29.3 Å². The Bertz CT molecular complexity index is 925. The molecule has 3 aromatic rings. The molecule has 28 heavy (non-hydrogen) atoms. The number of para-hydroxylation sites is 2. The van der Waals surface area contributed by atoms with E-state index in [0.717, 1.165) is 17.3 Å². The molecule has 1 heterocycles. The monoisotopic (exact) mass is 402 g/mol. The Morgan fingerprint density at radius 2 is 1.96 bits per heavy atom. The second-order valence-electron chi connectivity index (χ2n) is 6.04. The third kappa shape index (κ3) is 5.56. The molecule has 0 aliphatic carbocycles. The van der Waals surface area contributed by atoms with Gasteiger partial charge < -0.3 is 14.5 Å². The first-order chi connectivity index (χ1) is 13.5. The zero-order chi connectivity index (χ0) is 19.9. The minimum absolute atomic E-state index is 0.0139. The van der Waals surface area contributed by atoms with Crippen molar-refractivity contribution >= 4 is 34.7 Å². The number of aromatic nitrogens is 1. The number of rotatable bonds is 8. The van der Waals surface area contributed by atoms with Crippen molar-refractivity contribution in [2.75, 3.05) is 12.3 Å². The molecule has 0 fully saturated rings. The van der Waals surface area contributed by atoms with E-state index in [1.54, 1.807) is 18.2 Å². The van der Waals surface area contributed by atoms with Crippen LogP contribution >= 0.6 is 11.8 Å². The van der Waals surface area contributed by atoms with Crippen LogP contribution < -0.4 is 5.32 Å². The van der Waals surface area contributed by atoms with Crippen LogP contribution in [0.4, 0.5) is 4.39 Å². The van der Waals surface area contributed by atoms with Crippen LogP contribution in [0.15, 0.2) is 58.2 Å². The second-order valence-corrected chi connectivity index (χ2v) is 6.96. The van der Waals surface area contributed by atoms with Crippen molar-refractivity contribution in [3.63, 3.8) is 0 Å². The molecular weight excluding hydrogens is 383 g/mol. The fourth-order valence-electron chi connectivity index (χ4n) is 2.44. The molecule has 2 aromatic carbocycles. The number of carbonyl (C=O) groups excluding carboxylic acids is 2. The van der Waals surface area contributed by atoms with Gasteiger partial charge in [-0.25, -0.2) is 9.37 Å². The van der Waals surface area contributed by atoms with E-state index in [9.17, 15) is 14.0 Å². The van der Waals surface area contributed by atoms with Crippen molar-refractivity contribution in [1.82, 2.24) is 10.3 Å². The van der Waals surface area contributed by atoms with Gasteiger partial charge in [-0.2, -0.15) is 0 Å². The van der Waals surface area contributed by atoms with E-state index >= 15 is 0 Å². The SMILES string of the molecule is CC(OC(=O)CSc1nc2ccccc2o1)C(=O)NCCc1ccc(F)cc1. The lowest BCUT2D eigenvalue weighted by Gasteiger charge is -2.13. The summed E-state index contributed by atoms with van der Waals surface area (Å²) in [6, 6.07) is 13.4. The number of ether oxygens (including phenoxy) is 1. The molecule has 6 nitrogen and oxygen atoms in total. The van der Waals surface area contributed by atoms with Gasteiger partial charge in [0.05, 0.1) is 0 Å². The van der Waals surface area contributed by atoms with Gasteiger partial charge in [0.1, 0.15) is 17.1 Å². The normalized spacial score (nSPS) is 11.9. The van der Waals surface area contributed by atoms with Crippen molar-refractivity contribution in [3.05, 3.63) is 59.9 Å². The molecule has 1 atom stereocenters.